The molecule has 4 rings (SSSR count). The van der Waals surface area contributed by atoms with Crippen LogP contribution in [0, 0.1) is 13.8 Å². The third-order valence-electron chi connectivity index (χ3n) is 4.51. The second-order valence-electron chi connectivity index (χ2n) is 6.37. The fraction of sp³-hybridized carbons (Fsp3) is 0.200. The Kier molecular flexibility index (Phi) is 3.95. The van der Waals surface area contributed by atoms with Gasteiger partial charge >= 0.3 is 6.29 Å². The molecule has 0 saturated carbocycles. The van der Waals surface area contributed by atoms with E-state index in [2.05, 4.69) is 19.8 Å². The van der Waals surface area contributed by atoms with Crippen LogP contribution in [-0.2, 0) is 11.2 Å². The number of nitrogens with zero attached hydrogens (tertiary/aromatic N) is 1. The van der Waals surface area contributed by atoms with Gasteiger partial charge in [-0.15, -0.1) is 8.78 Å². The van der Waals surface area contributed by atoms with Gasteiger partial charge in [0.05, 0.1) is 11.9 Å². The van der Waals surface area contributed by atoms with Gasteiger partial charge in [-0.05, 0) is 43.2 Å². The number of anilines is 1. The number of benzene rings is 2. The summed E-state index contributed by atoms with van der Waals surface area (Å²) >= 11 is 0. The summed E-state index contributed by atoms with van der Waals surface area (Å²) in [5.74, 6) is -0.454. The van der Waals surface area contributed by atoms with Crippen molar-refractivity contribution in [1.29, 1.82) is 0 Å². The van der Waals surface area contributed by atoms with Crippen molar-refractivity contribution in [3.05, 3.63) is 59.3 Å². The number of halogens is 2. The Bertz CT molecular complexity index is 1070. The van der Waals surface area contributed by atoms with Gasteiger partial charge in [0.2, 0.25) is 5.91 Å². The lowest BCUT2D eigenvalue weighted by Crippen LogP contribution is -2.25. The fourth-order valence-electron chi connectivity index (χ4n) is 3.22. The maximum atomic E-state index is 13.1. The first-order valence-electron chi connectivity index (χ1n) is 8.37. The number of rotatable bonds is 3. The molecule has 1 amide bonds. The SMILES string of the molecule is Cc1nc2ccccc2c(C)c1CC(=O)Nc1ccc2c(c1)OC(F)(F)O2. The number of aromatic nitrogens is 1. The van der Waals surface area contributed by atoms with Gasteiger partial charge in [0.25, 0.3) is 0 Å². The van der Waals surface area contributed by atoms with E-state index in [0.717, 1.165) is 27.7 Å². The van der Waals surface area contributed by atoms with Gasteiger partial charge in [-0.1, -0.05) is 18.2 Å². The maximum absolute atomic E-state index is 13.1. The summed E-state index contributed by atoms with van der Waals surface area (Å²) in [7, 11) is 0. The molecular formula is C20H16F2N2O3. The molecule has 138 valence electrons. The molecule has 2 aromatic carbocycles. The van der Waals surface area contributed by atoms with E-state index in [0.29, 0.717) is 5.69 Å². The molecule has 1 aliphatic heterocycles. The van der Waals surface area contributed by atoms with Crippen molar-refractivity contribution in [3.8, 4) is 11.5 Å². The van der Waals surface area contributed by atoms with Crippen molar-refractivity contribution in [2.45, 2.75) is 26.6 Å². The molecule has 0 bridgehead atoms. The van der Waals surface area contributed by atoms with E-state index in [4.69, 9.17) is 0 Å². The van der Waals surface area contributed by atoms with Gasteiger partial charge in [0.15, 0.2) is 11.5 Å². The smallest absolute Gasteiger partial charge is 0.395 e. The topological polar surface area (TPSA) is 60.5 Å². The molecule has 0 radical (unpaired) electrons. The minimum Gasteiger partial charge on any atom is -0.395 e. The zero-order valence-corrected chi connectivity index (χ0v) is 14.7. The highest BCUT2D eigenvalue weighted by Gasteiger charge is 2.43. The number of carbonyl (C=O) groups excluding carboxylic acids is 1. The second kappa shape index (κ2) is 6.19. The van der Waals surface area contributed by atoms with Gasteiger partial charge in [-0.2, -0.15) is 0 Å². The molecule has 0 unspecified atom stereocenters. The molecular weight excluding hydrogens is 354 g/mol. The fourth-order valence-corrected chi connectivity index (χ4v) is 3.22. The average molecular weight is 370 g/mol. The van der Waals surface area contributed by atoms with Crippen LogP contribution in [-0.4, -0.2) is 17.2 Å². The van der Waals surface area contributed by atoms with E-state index in [-0.39, 0.29) is 23.8 Å². The Balaban J connectivity index is 1.55. The van der Waals surface area contributed by atoms with Crippen LogP contribution in [0.1, 0.15) is 16.8 Å². The molecule has 0 aliphatic carbocycles. The molecule has 0 atom stereocenters. The van der Waals surface area contributed by atoms with Gasteiger partial charge in [-0.3, -0.25) is 9.78 Å². The summed E-state index contributed by atoms with van der Waals surface area (Å²) in [6.45, 7) is 3.83. The van der Waals surface area contributed by atoms with Gasteiger partial charge in [0.1, 0.15) is 0 Å². The number of ether oxygens (including phenoxy) is 2. The number of carbonyl (C=O) groups is 1. The second-order valence-corrected chi connectivity index (χ2v) is 6.37. The summed E-state index contributed by atoms with van der Waals surface area (Å²) in [5, 5.41) is 3.70. The maximum Gasteiger partial charge on any atom is 0.586 e. The highest BCUT2D eigenvalue weighted by atomic mass is 19.3. The quantitative estimate of drug-likeness (QED) is 0.744. The first-order valence-corrected chi connectivity index (χ1v) is 8.37. The van der Waals surface area contributed by atoms with Crippen molar-refractivity contribution in [2.75, 3.05) is 5.32 Å². The Hall–Kier alpha value is -3.22. The molecule has 1 aliphatic rings. The average Bonchev–Trinajstić information content (AvgIpc) is 2.91. The van der Waals surface area contributed by atoms with Crippen LogP contribution in [0.4, 0.5) is 14.5 Å². The number of pyridine rings is 1. The van der Waals surface area contributed by atoms with Crippen LogP contribution in [0.3, 0.4) is 0 Å². The number of alkyl halides is 2. The molecule has 0 saturated heterocycles. The number of aryl methyl sites for hydroxylation is 2. The number of hydrogen-bond acceptors (Lipinski definition) is 4. The summed E-state index contributed by atoms with van der Waals surface area (Å²) in [6.07, 6.45) is -3.56. The Labute approximate surface area is 153 Å². The van der Waals surface area contributed by atoms with Crippen LogP contribution in [0.5, 0.6) is 11.5 Å². The van der Waals surface area contributed by atoms with E-state index in [1.54, 1.807) is 0 Å². The number of fused-ring (bicyclic) bond motifs is 2. The Morgan fingerprint density at radius 1 is 1.11 bits per heavy atom. The normalized spacial score (nSPS) is 14.4. The van der Waals surface area contributed by atoms with E-state index >= 15 is 0 Å². The number of nitrogens with one attached hydrogen (secondary N) is 1. The molecule has 1 N–H and O–H groups in total. The lowest BCUT2D eigenvalue weighted by Gasteiger charge is -2.13. The molecule has 2 heterocycles. The minimum atomic E-state index is -3.68. The molecule has 5 nitrogen and oxygen atoms in total. The largest absolute Gasteiger partial charge is 0.586 e. The third kappa shape index (κ3) is 3.28. The van der Waals surface area contributed by atoms with Crippen molar-refractivity contribution < 1.29 is 23.0 Å². The molecule has 0 spiro atoms. The minimum absolute atomic E-state index is 0.0663. The number of para-hydroxylation sites is 1. The van der Waals surface area contributed by atoms with E-state index in [9.17, 15) is 13.6 Å². The highest BCUT2D eigenvalue weighted by molar-refractivity contribution is 5.94. The molecule has 0 fully saturated rings. The van der Waals surface area contributed by atoms with Crippen LogP contribution < -0.4 is 14.8 Å². The van der Waals surface area contributed by atoms with Crippen LogP contribution in [0.2, 0.25) is 0 Å². The number of hydrogen-bond donors (Lipinski definition) is 1. The molecule has 7 heteroatoms. The van der Waals surface area contributed by atoms with Crippen LogP contribution >= 0.6 is 0 Å². The first-order chi connectivity index (χ1) is 12.8. The third-order valence-corrected chi connectivity index (χ3v) is 4.51. The Morgan fingerprint density at radius 3 is 2.67 bits per heavy atom. The lowest BCUT2D eigenvalue weighted by atomic mass is 9.99. The highest BCUT2D eigenvalue weighted by Crippen LogP contribution is 2.42. The summed E-state index contributed by atoms with van der Waals surface area (Å²) in [4.78, 5) is 17.1. The molecule has 1 aromatic heterocycles. The summed E-state index contributed by atoms with van der Waals surface area (Å²) in [6, 6.07) is 11.9. The van der Waals surface area contributed by atoms with Gasteiger partial charge < -0.3 is 14.8 Å². The number of amides is 1. The van der Waals surface area contributed by atoms with Crippen molar-refractivity contribution in [1.82, 2.24) is 4.98 Å². The molecule has 3 aromatic rings. The predicted molar refractivity (Wildman–Crippen MR) is 96.2 cm³/mol. The van der Waals surface area contributed by atoms with Crippen molar-refractivity contribution in [3.63, 3.8) is 0 Å². The van der Waals surface area contributed by atoms with Crippen molar-refractivity contribution >= 4 is 22.5 Å². The zero-order valence-electron chi connectivity index (χ0n) is 14.7. The molecule has 27 heavy (non-hydrogen) atoms. The van der Waals surface area contributed by atoms with Gasteiger partial charge in [-0.25, -0.2) is 0 Å². The lowest BCUT2D eigenvalue weighted by molar-refractivity contribution is -0.286. The summed E-state index contributed by atoms with van der Waals surface area (Å²) in [5.41, 5.74) is 3.86. The standard InChI is InChI=1S/C20H16F2N2O3/c1-11-14-5-3-4-6-16(14)23-12(2)15(11)10-19(25)24-13-7-8-17-18(9-13)27-20(21,22)26-17/h3-9H,10H2,1-2H3,(H,24,25). The Morgan fingerprint density at radius 2 is 1.85 bits per heavy atom. The van der Waals surface area contributed by atoms with E-state index in [1.165, 1.54) is 18.2 Å². The van der Waals surface area contributed by atoms with E-state index < -0.39 is 6.29 Å². The van der Waals surface area contributed by atoms with Gasteiger partial charge in [0, 0.05) is 22.8 Å². The summed E-state index contributed by atoms with van der Waals surface area (Å²) < 4.78 is 34.9. The van der Waals surface area contributed by atoms with Crippen LogP contribution in [0.25, 0.3) is 10.9 Å². The first kappa shape index (κ1) is 17.2. The van der Waals surface area contributed by atoms with Crippen molar-refractivity contribution in [2.24, 2.45) is 0 Å². The van der Waals surface area contributed by atoms with Crippen LogP contribution in [0.15, 0.2) is 42.5 Å². The predicted octanol–water partition coefficient (Wildman–Crippen LogP) is 4.35. The van der Waals surface area contributed by atoms with E-state index in [1.807, 2.05) is 38.1 Å². The monoisotopic (exact) mass is 370 g/mol. The zero-order chi connectivity index (χ0) is 19.2.